The maximum atomic E-state index is 12.4. The third-order valence-corrected chi connectivity index (χ3v) is 1.49. The number of benzene rings is 1. The van der Waals surface area contributed by atoms with Crippen molar-refractivity contribution in [3.8, 4) is 0 Å². The molecule has 1 rings (SSSR count). The van der Waals surface area contributed by atoms with Crippen LogP contribution in [-0.2, 0) is 6.42 Å². The van der Waals surface area contributed by atoms with Crippen LogP contribution in [0.15, 0.2) is 41.7 Å². The molecule has 0 aliphatic rings. The second-order valence-corrected chi connectivity index (χ2v) is 2.42. The molecule has 0 fully saturated rings. The van der Waals surface area contributed by atoms with Crippen LogP contribution in [-0.4, -0.2) is 0 Å². The second kappa shape index (κ2) is 4.95. The Morgan fingerprint density at radius 3 is 2.69 bits per heavy atom. The van der Waals surface area contributed by atoms with E-state index in [1.807, 2.05) is 0 Å². The number of hydrogen-bond acceptors (Lipinski definition) is 1. The highest BCUT2D eigenvalue weighted by molar-refractivity contribution is 5.18. The molecular formula is C9H8FN3. The molecule has 66 valence electrons. The van der Waals surface area contributed by atoms with Gasteiger partial charge in [-0.3, -0.25) is 0 Å². The first-order chi connectivity index (χ1) is 6.33. The SMILES string of the molecule is [N-]=[N+]=N/C=C/Cc1ccc(F)cc1. The molecule has 0 spiro atoms. The predicted octanol–water partition coefficient (Wildman–Crippen LogP) is 3.19. The second-order valence-electron chi connectivity index (χ2n) is 2.42. The summed E-state index contributed by atoms with van der Waals surface area (Å²) in [5, 5.41) is 3.23. The van der Waals surface area contributed by atoms with Crippen molar-refractivity contribution in [3.05, 3.63) is 58.4 Å². The van der Waals surface area contributed by atoms with Gasteiger partial charge in [0.05, 0.1) is 0 Å². The molecule has 0 unspecified atom stereocenters. The highest BCUT2D eigenvalue weighted by atomic mass is 19.1. The molecule has 0 atom stereocenters. The van der Waals surface area contributed by atoms with E-state index in [4.69, 9.17) is 5.53 Å². The Kier molecular flexibility index (Phi) is 3.54. The fourth-order valence-electron chi connectivity index (χ4n) is 0.886. The number of halogens is 1. The summed E-state index contributed by atoms with van der Waals surface area (Å²) in [6.45, 7) is 0. The molecule has 0 N–H and O–H groups in total. The molecule has 1 aromatic carbocycles. The van der Waals surface area contributed by atoms with Crippen molar-refractivity contribution < 1.29 is 4.39 Å². The smallest absolute Gasteiger partial charge is 0.123 e. The van der Waals surface area contributed by atoms with E-state index in [1.165, 1.54) is 18.3 Å². The lowest BCUT2D eigenvalue weighted by molar-refractivity contribution is 0.627. The molecule has 0 saturated carbocycles. The minimum Gasteiger partial charge on any atom is -0.207 e. The van der Waals surface area contributed by atoms with Crippen LogP contribution in [0, 0.1) is 5.82 Å². The van der Waals surface area contributed by atoms with E-state index < -0.39 is 0 Å². The Hall–Kier alpha value is -1.80. The highest BCUT2D eigenvalue weighted by Gasteiger charge is 1.89. The molecule has 0 aliphatic carbocycles. The van der Waals surface area contributed by atoms with E-state index in [-0.39, 0.29) is 5.82 Å². The Morgan fingerprint density at radius 1 is 1.38 bits per heavy atom. The molecule has 0 heterocycles. The van der Waals surface area contributed by atoms with Crippen molar-refractivity contribution in [2.24, 2.45) is 5.11 Å². The number of rotatable bonds is 3. The monoisotopic (exact) mass is 177 g/mol. The average molecular weight is 177 g/mol. The number of allylic oxidation sites excluding steroid dienone is 1. The minimum absolute atomic E-state index is 0.247. The molecule has 0 bridgehead atoms. The van der Waals surface area contributed by atoms with Crippen molar-refractivity contribution in [1.82, 2.24) is 0 Å². The minimum atomic E-state index is -0.247. The van der Waals surface area contributed by atoms with Crippen molar-refractivity contribution in [2.45, 2.75) is 6.42 Å². The summed E-state index contributed by atoms with van der Waals surface area (Å²) in [5.74, 6) is -0.247. The standard InChI is InChI=1S/C9H8FN3/c10-9-5-3-8(4-6-9)2-1-7-12-13-11/h1,3-7H,2H2/b7-1+. The van der Waals surface area contributed by atoms with Crippen LogP contribution < -0.4 is 0 Å². The van der Waals surface area contributed by atoms with Gasteiger partial charge in [0.25, 0.3) is 0 Å². The van der Waals surface area contributed by atoms with Gasteiger partial charge in [-0.1, -0.05) is 23.3 Å². The lowest BCUT2D eigenvalue weighted by Crippen LogP contribution is -1.80. The van der Waals surface area contributed by atoms with Gasteiger partial charge in [0.1, 0.15) is 5.82 Å². The molecule has 13 heavy (non-hydrogen) atoms. The van der Waals surface area contributed by atoms with Crippen LogP contribution in [0.4, 0.5) is 4.39 Å². The van der Waals surface area contributed by atoms with Gasteiger partial charge in [0, 0.05) is 4.91 Å². The zero-order chi connectivity index (χ0) is 9.52. The van der Waals surface area contributed by atoms with Gasteiger partial charge in [0.2, 0.25) is 0 Å². The summed E-state index contributed by atoms with van der Waals surface area (Å²) in [4.78, 5) is 2.56. The van der Waals surface area contributed by atoms with Crippen molar-refractivity contribution in [3.63, 3.8) is 0 Å². The average Bonchev–Trinajstić information content (AvgIpc) is 2.15. The molecule has 0 amide bonds. The van der Waals surface area contributed by atoms with E-state index in [0.29, 0.717) is 6.42 Å². The van der Waals surface area contributed by atoms with Gasteiger partial charge in [0.15, 0.2) is 0 Å². The molecular weight excluding hydrogens is 169 g/mol. The molecule has 0 aliphatic heterocycles. The molecule has 4 heteroatoms. The van der Waals surface area contributed by atoms with Crippen molar-refractivity contribution in [1.29, 1.82) is 0 Å². The van der Waals surface area contributed by atoms with E-state index in [1.54, 1.807) is 18.2 Å². The Balaban J connectivity index is 2.55. The topological polar surface area (TPSA) is 48.8 Å². The summed E-state index contributed by atoms with van der Waals surface area (Å²) in [6, 6.07) is 6.18. The van der Waals surface area contributed by atoms with Gasteiger partial charge >= 0.3 is 0 Å². The fraction of sp³-hybridized carbons (Fsp3) is 0.111. The molecule has 0 aromatic heterocycles. The first kappa shape index (κ1) is 9.29. The van der Waals surface area contributed by atoms with Crippen LogP contribution in [0.3, 0.4) is 0 Å². The number of azide groups is 1. The zero-order valence-corrected chi connectivity index (χ0v) is 6.89. The van der Waals surface area contributed by atoms with Crippen LogP contribution in [0.25, 0.3) is 10.4 Å². The highest BCUT2D eigenvalue weighted by Crippen LogP contribution is 2.03. The first-order valence-corrected chi connectivity index (χ1v) is 3.76. The quantitative estimate of drug-likeness (QED) is 0.386. The van der Waals surface area contributed by atoms with Gasteiger partial charge < -0.3 is 0 Å². The maximum absolute atomic E-state index is 12.4. The Morgan fingerprint density at radius 2 is 2.08 bits per heavy atom. The van der Waals surface area contributed by atoms with E-state index >= 15 is 0 Å². The number of hydrogen-bond donors (Lipinski definition) is 0. The lowest BCUT2D eigenvalue weighted by atomic mass is 10.1. The number of nitrogens with zero attached hydrogens (tertiary/aromatic N) is 3. The summed E-state index contributed by atoms with van der Waals surface area (Å²) < 4.78 is 12.4. The van der Waals surface area contributed by atoms with Crippen molar-refractivity contribution in [2.75, 3.05) is 0 Å². The molecule has 0 saturated heterocycles. The van der Waals surface area contributed by atoms with Crippen LogP contribution in [0.5, 0.6) is 0 Å². The molecule has 0 radical (unpaired) electrons. The van der Waals surface area contributed by atoms with E-state index in [0.717, 1.165) is 5.56 Å². The normalized spacial score (nSPS) is 9.92. The third-order valence-electron chi connectivity index (χ3n) is 1.49. The maximum Gasteiger partial charge on any atom is 0.123 e. The largest absolute Gasteiger partial charge is 0.207 e. The summed E-state index contributed by atoms with van der Waals surface area (Å²) in [5.41, 5.74) is 8.93. The van der Waals surface area contributed by atoms with Crippen LogP contribution in [0.2, 0.25) is 0 Å². The van der Waals surface area contributed by atoms with Crippen LogP contribution >= 0.6 is 0 Å². The fourth-order valence-corrected chi connectivity index (χ4v) is 0.886. The zero-order valence-electron chi connectivity index (χ0n) is 6.89. The van der Waals surface area contributed by atoms with Gasteiger partial charge in [-0.2, -0.15) is 0 Å². The predicted molar refractivity (Wildman–Crippen MR) is 48.4 cm³/mol. The van der Waals surface area contributed by atoms with E-state index in [9.17, 15) is 4.39 Å². The molecule has 1 aromatic rings. The van der Waals surface area contributed by atoms with Gasteiger partial charge in [-0.15, -0.1) is 0 Å². The lowest BCUT2D eigenvalue weighted by Gasteiger charge is -1.94. The van der Waals surface area contributed by atoms with Crippen LogP contribution in [0.1, 0.15) is 5.56 Å². The van der Waals surface area contributed by atoms with E-state index in [2.05, 4.69) is 10.0 Å². The summed E-state index contributed by atoms with van der Waals surface area (Å²) >= 11 is 0. The molecule has 3 nitrogen and oxygen atoms in total. The summed E-state index contributed by atoms with van der Waals surface area (Å²) in [7, 11) is 0. The van der Waals surface area contributed by atoms with Gasteiger partial charge in [-0.25, -0.2) is 4.39 Å². The van der Waals surface area contributed by atoms with Crippen molar-refractivity contribution >= 4 is 0 Å². The Labute approximate surface area is 75.1 Å². The van der Waals surface area contributed by atoms with Gasteiger partial charge in [-0.05, 0) is 35.8 Å². The third kappa shape index (κ3) is 3.40. The summed E-state index contributed by atoms with van der Waals surface area (Å²) in [6.07, 6.45) is 3.73. The first-order valence-electron chi connectivity index (χ1n) is 3.76. The Bertz CT molecular complexity index is 336.